The summed E-state index contributed by atoms with van der Waals surface area (Å²) in [7, 11) is 0. The van der Waals surface area contributed by atoms with Gasteiger partial charge in [-0.1, -0.05) is 18.2 Å². The van der Waals surface area contributed by atoms with Gasteiger partial charge >= 0.3 is 0 Å². The number of fused-ring (bicyclic) bond motifs is 2. The average molecular weight is 349 g/mol. The van der Waals surface area contributed by atoms with Crippen LogP contribution in [0.5, 0.6) is 0 Å². The maximum atomic E-state index is 11.4. The highest BCUT2D eigenvalue weighted by molar-refractivity contribution is 5.75. The normalized spacial score (nSPS) is 16.7. The fraction of sp³-hybridized carbons (Fsp3) is 0.350. The second-order valence-electron chi connectivity index (χ2n) is 6.84. The predicted octanol–water partition coefficient (Wildman–Crippen LogP) is 2.71. The molecule has 0 saturated carbocycles. The second-order valence-corrected chi connectivity index (χ2v) is 6.84. The van der Waals surface area contributed by atoms with Gasteiger partial charge < -0.3 is 10.7 Å². The number of primary amides is 1. The van der Waals surface area contributed by atoms with Crippen LogP contribution >= 0.6 is 0 Å². The van der Waals surface area contributed by atoms with Gasteiger partial charge in [-0.3, -0.25) is 14.7 Å². The van der Waals surface area contributed by atoms with Crippen LogP contribution in [0.2, 0.25) is 0 Å². The molecule has 0 saturated heterocycles. The Morgan fingerprint density at radius 3 is 3.00 bits per heavy atom. The number of hydrogen-bond acceptors (Lipinski definition) is 4. The van der Waals surface area contributed by atoms with Crippen LogP contribution in [0, 0.1) is 0 Å². The Balaban J connectivity index is 1.63. The Morgan fingerprint density at radius 1 is 1.27 bits per heavy atom. The fourth-order valence-electron chi connectivity index (χ4n) is 3.81. The van der Waals surface area contributed by atoms with E-state index in [2.05, 4.69) is 20.9 Å². The van der Waals surface area contributed by atoms with Crippen LogP contribution in [0.25, 0.3) is 11.0 Å². The summed E-state index contributed by atoms with van der Waals surface area (Å²) in [6.45, 7) is 1.25. The summed E-state index contributed by atoms with van der Waals surface area (Å²) in [6, 6.07) is 12.3. The van der Waals surface area contributed by atoms with Crippen molar-refractivity contribution in [2.24, 2.45) is 5.73 Å². The molecule has 1 aliphatic rings. The van der Waals surface area contributed by atoms with E-state index < -0.39 is 0 Å². The zero-order valence-electron chi connectivity index (χ0n) is 14.7. The van der Waals surface area contributed by atoms with Crippen LogP contribution in [-0.2, 0) is 17.8 Å². The summed E-state index contributed by atoms with van der Waals surface area (Å²) < 4.78 is 0. The maximum absolute atomic E-state index is 11.4. The third-order valence-electron chi connectivity index (χ3n) is 5.04. The van der Waals surface area contributed by atoms with Gasteiger partial charge in [0, 0.05) is 19.2 Å². The molecule has 0 spiro atoms. The Kier molecular flexibility index (Phi) is 4.67. The molecule has 6 nitrogen and oxygen atoms in total. The molecular weight excluding hydrogens is 326 g/mol. The van der Waals surface area contributed by atoms with E-state index in [1.807, 2.05) is 36.5 Å². The SMILES string of the molecule is NC(=O)CCN(Cc1nc2ccccc2[nH]1)C1CCCc2cccnc21. The molecule has 3 aromatic rings. The number of nitrogens with one attached hydrogen (secondary N) is 1. The number of pyridine rings is 1. The summed E-state index contributed by atoms with van der Waals surface area (Å²) >= 11 is 0. The first-order valence-corrected chi connectivity index (χ1v) is 9.10. The number of aromatic nitrogens is 3. The Bertz CT molecular complexity index is 886. The van der Waals surface area contributed by atoms with E-state index in [0.29, 0.717) is 19.5 Å². The van der Waals surface area contributed by atoms with Crippen LogP contribution in [0.15, 0.2) is 42.6 Å². The lowest BCUT2D eigenvalue weighted by Crippen LogP contribution is -2.34. The molecule has 4 rings (SSSR count). The zero-order valence-corrected chi connectivity index (χ0v) is 14.7. The van der Waals surface area contributed by atoms with Crippen LogP contribution in [0.1, 0.15) is 42.4 Å². The predicted molar refractivity (Wildman–Crippen MR) is 100 cm³/mol. The van der Waals surface area contributed by atoms with Crippen molar-refractivity contribution in [3.63, 3.8) is 0 Å². The monoisotopic (exact) mass is 349 g/mol. The summed E-state index contributed by atoms with van der Waals surface area (Å²) in [5.74, 6) is 0.621. The van der Waals surface area contributed by atoms with Crippen molar-refractivity contribution in [1.82, 2.24) is 19.9 Å². The van der Waals surface area contributed by atoms with Gasteiger partial charge in [-0.25, -0.2) is 4.98 Å². The van der Waals surface area contributed by atoms with Crippen molar-refractivity contribution >= 4 is 16.9 Å². The van der Waals surface area contributed by atoms with Crippen LogP contribution < -0.4 is 5.73 Å². The average Bonchev–Trinajstić information content (AvgIpc) is 3.07. The van der Waals surface area contributed by atoms with E-state index in [0.717, 1.165) is 41.8 Å². The standard InChI is InChI=1S/C20H23N5O/c21-18(26)10-12-25(13-19-23-15-7-1-2-8-16(15)24-19)17-9-3-5-14-6-4-11-22-20(14)17/h1-2,4,6-8,11,17H,3,5,9-10,12-13H2,(H2,21,26)(H,23,24). The number of hydrogen-bond donors (Lipinski definition) is 2. The third-order valence-corrected chi connectivity index (χ3v) is 5.04. The first-order chi connectivity index (χ1) is 12.7. The summed E-state index contributed by atoms with van der Waals surface area (Å²) in [6.07, 6.45) is 5.40. The highest BCUT2D eigenvalue weighted by Gasteiger charge is 2.28. The van der Waals surface area contributed by atoms with Gasteiger partial charge in [0.05, 0.1) is 29.3 Å². The first kappa shape index (κ1) is 16.7. The van der Waals surface area contributed by atoms with Crippen LogP contribution in [0.3, 0.4) is 0 Å². The zero-order chi connectivity index (χ0) is 17.9. The smallest absolute Gasteiger partial charge is 0.218 e. The first-order valence-electron chi connectivity index (χ1n) is 9.10. The molecular formula is C20H23N5O. The van der Waals surface area contributed by atoms with Crippen molar-refractivity contribution in [3.05, 3.63) is 59.7 Å². The van der Waals surface area contributed by atoms with Gasteiger partial charge in [0.15, 0.2) is 0 Å². The third kappa shape index (κ3) is 3.46. The largest absolute Gasteiger partial charge is 0.370 e. The highest BCUT2D eigenvalue weighted by Crippen LogP contribution is 2.33. The molecule has 26 heavy (non-hydrogen) atoms. The van der Waals surface area contributed by atoms with Crippen molar-refractivity contribution in [3.8, 4) is 0 Å². The molecule has 1 unspecified atom stereocenters. The molecule has 1 atom stereocenters. The van der Waals surface area contributed by atoms with Crippen LogP contribution in [0.4, 0.5) is 0 Å². The number of carbonyl (C=O) groups is 1. The lowest BCUT2D eigenvalue weighted by molar-refractivity contribution is -0.118. The van der Waals surface area contributed by atoms with Gasteiger partial charge in [-0.2, -0.15) is 0 Å². The molecule has 3 N–H and O–H groups in total. The molecule has 0 fully saturated rings. The molecule has 6 heteroatoms. The topological polar surface area (TPSA) is 87.9 Å². The minimum Gasteiger partial charge on any atom is -0.370 e. The number of H-pyrrole nitrogens is 1. The molecule has 0 radical (unpaired) electrons. The minimum absolute atomic E-state index is 0.188. The van der Waals surface area contributed by atoms with Crippen LogP contribution in [-0.4, -0.2) is 32.3 Å². The van der Waals surface area contributed by atoms with Crippen molar-refractivity contribution < 1.29 is 4.79 Å². The molecule has 1 amide bonds. The second kappa shape index (κ2) is 7.25. The minimum atomic E-state index is -0.281. The van der Waals surface area contributed by atoms with Gasteiger partial charge in [-0.05, 0) is 43.0 Å². The number of rotatable bonds is 6. The number of nitrogens with zero attached hydrogens (tertiary/aromatic N) is 3. The number of nitrogens with two attached hydrogens (primary N) is 1. The number of para-hydroxylation sites is 2. The molecule has 2 heterocycles. The summed E-state index contributed by atoms with van der Waals surface area (Å²) in [5, 5.41) is 0. The van der Waals surface area contributed by atoms with E-state index in [9.17, 15) is 4.79 Å². The number of imidazole rings is 1. The van der Waals surface area contributed by atoms with Gasteiger partial charge in [0.1, 0.15) is 5.82 Å². The molecule has 1 aromatic carbocycles. The summed E-state index contributed by atoms with van der Waals surface area (Å²) in [4.78, 5) is 26.4. The van der Waals surface area contributed by atoms with Gasteiger partial charge in [0.25, 0.3) is 0 Å². The van der Waals surface area contributed by atoms with Crippen molar-refractivity contribution in [2.45, 2.75) is 38.3 Å². The maximum Gasteiger partial charge on any atom is 0.218 e. The summed E-state index contributed by atoms with van der Waals surface area (Å²) in [5.41, 5.74) is 9.83. The Hall–Kier alpha value is -2.73. The molecule has 2 aromatic heterocycles. The van der Waals surface area contributed by atoms with E-state index in [-0.39, 0.29) is 11.9 Å². The fourth-order valence-corrected chi connectivity index (χ4v) is 3.81. The number of carbonyl (C=O) groups excluding carboxylic acids is 1. The number of aryl methyl sites for hydroxylation is 1. The molecule has 134 valence electrons. The molecule has 0 bridgehead atoms. The van der Waals surface area contributed by atoms with E-state index in [1.54, 1.807) is 0 Å². The number of benzene rings is 1. The van der Waals surface area contributed by atoms with Gasteiger partial charge in [-0.15, -0.1) is 0 Å². The van der Waals surface area contributed by atoms with E-state index in [1.165, 1.54) is 5.56 Å². The van der Waals surface area contributed by atoms with Crippen molar-refractivity contribution in [2.75, 3.05) is 6.54 Å². The Labute approximate surface area is 152 Å². The highest BCUT2D eigenvalue weighted by atomic mass is 16.1. The van der Waals surface area contributed by atoms with E-state index in [4.69, 9.17) is 10.7 Å². The van der Waals surface area contributed by atoms with Crippen molar-refractivity contribution in [1.29, 1.82) is 0 Å². The molecule has 0 aliphatic heterocycles. The van der Waals surface area contributed by atoms with E-state index >= 15 is 0 Å². The Morgan fingerprint density at radius 2 is 2.15 bits per heavy atom. The number of aromatic amines is 1. The lowest BCUT2D eigenvalue weighted by atomic mass is 9.90. The quantitative estimate of drug-likeness (QED) is 0.716. The lowest BCUT2D eigenvalue weighted by Gasteiger charge is -2.34. The van der Waals surface area contributed by atoms with Gasteiger partial charge in [0.2, 0.25) is 5.91 Å². The molecule has 1 aliphatic carbocycles. The number of amides is 1.